The van der Waals surface area contributed by atoms with Gasteiger partial charge in [-0.05, 0) is 29.0 Å². The van der Waals surface area contributed by atoms with Gasteiger partial charge in [0.25, 0.3) is 0 Å². The lowest BCUT2D eigenvalue weighted by atomic mass is 10.1. The molecule has 1 saturated heterocycles. The van der Waals surface area contributed by atoms with Crippen molar-refractivity contribution in [3.8, 4) is 0 Å². The molecule has 1 unspecified atom stereocenters. The standard InChI is InChI=1S/C16H22NO2S/c18-15-12-17(13-15)7-3-8-19-9-11-20-10-6-14-4-1-2-5-16(14)20/h1-2,4-6,10,15,18H,3,7-9,11-13H2/q+1. The zero-order valence-corrected chi connectivity index (χ0v) is 12.5. The number of likely N-dealkylation sites (tertiary alicyclic amines) is 1. The lowest BCUT2D eigenvalue weighted by Crippen LogP contribution is -2.50. The molecular formula is C16H22NO2S+. The average molecular weight is 292 g/mol. The highest BCUT2D eigenvalue weighted by molar-refractivity contribution is 7.35. The van der Waals surface area contributed by atoms with Crippen LogP contribution in [-0.4, -0.2) is 49.0 Å². The first-order chi connectivity index (χ1) is 9.83. The Hall–Kier alpha value is -0.940. The van der Waals surface area contributed by atoms with Gasteiger partial charge >= 0.3 is 0 Å². The highest BCUT2D eigenvalue weighted by atomic mass is 32.2. The molecule has 4 heteroatoms. The number of hydrogen-bond donors (Lipinski definition) is 1. The van der Waals surface area contributed by atoms with Gasteiger partial charge in [-0.25, -0.2) is 0 Å². The fraction of sp³-hybridized carbons (Fsp3) is 0.500. The molecule has 0 amide bonds. The molecule has 20 heavy (non-hydrogen) atoms. The molecule has 108 valence electrons. The van der Waals surface area contributed by atoms with Crippen molar-refractivity contribution >= 4 is 20.6 Å². The Morgan fingerprint density at radius 2 is 2.05 bits per heavy atom. The van der Waals surface area contributed by atoms with Gasteiger partial charge in [-0.2, -0.15) is 0 Å². The Morgan fingerprint density at radius 3 is 2.90 bits per heavy atom. The van der Waals surface area contributed by atoms with Gasteiger partial charge in [-0.15, -0.1) is 0 Å². The fourth-order valence-electron chi connectivity index (χ4n) is 2.63. The molecule has 2 heterocycles. The third-order valence-electron chi connectivity index (χ3n) is 3.76. The van der Waals surface area contributed by atoms with Crippen molar-refractivity contribution in [2.45, 2.75) is 18.3 Å². The number of nitrogens with zero attached hydrogens (tertiary/aromatic N) is 1. The van der Waals surface area contributed by atoms with Crippen LogP contribution in [0.5, 0.6) is 0 Å². The van der Waals surface area contributed by atoms with Crippen LogP contribution in [0.15, 0.2) is 35.7 Å². The first-order valence-electron chi connectivity index (χ1n) is 7.28. The zero-order chi connectivity index (χ0) is 13.8. The molecule has 1 aromatic heterocycles. The summed E-state index contributed by atoms with van der Waals surface area (Å²) in [6.45, 7) is 4.39. The van der Waals surface area contributed by atoms with Crippen molar-refractivity contribution in [3.05, 3.63) is 35.7 Å². The van der Waals surface area contributed by atoms with Gasteiger partial charge in [0, 0.05) is 37.7 Å². The molecule has 0 spiro atoms. The number of rotatable bonds is 7. The quantitative estimate of drug-likeness (QED) is 0.629. The molecule has 0 saturated carbocycles. The summed E-state index contributed by atoms with van der Waals surface area (Å²) in [6.07, 6.45) is 0.971. The van der Waals surface area contributed by atoms with Gasteiger partial charge in [0.2, 0.25) is 0 Å². The second kappa shape index (κ2) is 6.68. The van der Waals surface area contributed by atoms with Crippen LogP contribution in [0.4, 0.5) is 0 Å². The first kappa shape index (κ1) is 14.0. The second-order valence-electron chi connectivity index (χ2n) is 5.35. The van der Waals surface area contributed by atoms with Crippen LogP contribution in [0.2, 0.25) is 0 Å². The van der Waals surface area contributed by atoms with Gasteiger partial charge in [0.15, 0.2) is 10.5 Å². The van der Waals surface area contributed by atoms with Crippen LogP contribution in [0.25, 0.3) is 10.1 Å². The van der Waals surface area contributed by atoms with E-state index in [-0.39, 0.29) is 16.6 Å². The smallest absolute Gasteiger partial charge is 0.180 e. The van der Waals surface area contributed by atoms with Crippen molar-refractivity contribution in [3.63, 3.8) is 0 Å². The van der Waals surface area contributed by atoms with Gasteiger partial charge in [-0.1, -0.05) is 12.1 Å². The normalized spacial score (nSPS) is 17.6. The van der Waals surface area contributed by atoms with Gasteiger partial charge in [0.05, 0.1) is 12.7 Å². The van der Waals surface area contributed by atoms with Crippen LogP contribution in [-0.2, 0) is 10.5 Å². The summed E-state index contributed by atoms with van der Waals surface area (Å²) in [6, 6.07) is 10.9. The van der Waals surface area contributed by atoms with Crippen LogP contribution < -0.4 is 0 Å². The van der Waals surface area contributed by atoms with E-state index in [1.165, 1.54) is 10.1 Å². The minimum absolute atomic E-state index is 0.0914. The van der Waals surface area contributed by atoms with Crippen LogP contribution in [0.1, 0.15) is 6.42 Å². The minimum atomic E-state index is -0.0914. The molecule has 1 aliphatic rings. The number of thiophene rings is 1. The molecule has 3 nitrogen and oxygen atoms in total. The van der Waals surface area contributed by atoms with E-state index in [0.29, 0.717) is 0 Å². The third-order valence-corrected chi connectivity index (χ3v) is 5.77. The van der Waals surface area contributed by atoms with Crippen LogP contribution in [0, 0.1) is 0 Å². The van der Waals surface area contributed by atoms with Crippen LogP contribution >= 0.6 is 10.5 Å². The molecule has 1 atom stereocenters. The van der Waals surface area contributed by atoms with Crippen molar-refractivity contribution < 1.29 is 9.84 Å². The fourth-order valence-corrected chi connectivity index (χ4v) is 4.43. The van der Waals surface area contributed by atoms with E-state index < -0.39 is 0 Å². The lowest BCUT2D eigenvalue weighted by Gasteiger charge is -2.35. The van der Waals surface area contributed by atoms with E-state index >= 15 is 0 Å². The summed E-state index contributed by atoms with van der Waals surface area (Å²) >= 11 is 0. The molecule has 0 aliphatic carbocycles. The van der Waals surface area contributed by atoms with Crippen molar-refractivity contribution in [1.29, 1.82) is 0 Å². The minimum Gasteiger partial charge on any atom is -0.390 e. The second-order valence-corrected chi connectivity index (χ2v) is 7.33. The van der Waals surface area contributed by atoms with E-state index in [4.69, 9.17) is 4.74 Å². The first-order valence-corrected chi connectivity index (χ1v) is 8.74. The number of aliphatic hydroxyl groups excluding tert-OH is 1. The van der Waals surface area contributed by atoms with Crippen molar-refractivity contribution in [1.82, 2.24) is 4.90 Å². The Kier molecular flexibility index (Phi) is 4.68. The monoisotopic (exact) mass is 292 g/mol. The Labute approximate surface area is 122 Å². The Balaban J connectivity index is 1.33. The molecule has 1 N–H and O–H groups in total. The largest absolute Gasteiger partial charge is 0.390 e. The average Bonchev–Trinajstić information content (AvgIpc) is 2.84. The van der Waals surface area contributed by atoms with E-state index in [1.807, 2.05) is 0 Å². The number of aliphatic hydroxyl groups is 1. The molecule has 1 aliphatic heterocycles. The summed E-state index contributed by atoms with van der Waals surface area (Å²) in [5.41, 5.74) is 0. The molecule has 1 fully saturated rings. The highest BCUT2D eigenvalue weighted by Gasteiger charge is 2.23. The summed E-state index contributed by atoms with van der Waals surface area (Å²) < 4.78 is 7.20. The molecule has 2 aromatic rings. The van der Waals surface area contributed by atoms with Crippen LogP contribution in [0.3, 0.4) is 0 Å². The Morgan fingerprint density at radius 1 is 1.20 bits per heavy atom. The van der Waals surface area contributed by atoms with E-state index in [9.17, 15) is 5.11 Å². The SMILES string of the molecule is OC1CN(CCCOCC[s+]2ccc3ccccc32)C1. The number of fused-ring (bicyclic) bond motifs is 1. The predicted molar refractivity (Wildman–Crippen MR) is 84.3 cm³/mol. The maximum Gasteiger partial charge on any atom is 0.180 e. The topological polar surface area (TPSA) is 32.7 Å². The number of ether oxygens (including phenoxy) is 1. The molecule has 1 aromatic carbocycles. The summed E-state index contributed by atoms with van der Waals surface area (Å²) in [5.74, 6) is 1.09. The van der Waals surface area contributed by atoms with Gasteiger partial charge < -0.3 is 9.84 Å². The van der Waals surface area contributed by atoms with E-state index in [0.717, 1.165) is 45.0 Å². The summed E-state index contributed by atoms with van der Waals surface area (Å²) in [5, 5.41) is 12.9. The highest BCUT2D eigenvalue weighted by Crippen LogP contribution is 2.31. The molecule has 3 rings (SSSR count). The molecule has 0 radical (unpaired) electrons. The van der Waals surface area contributed by atoms with E-state index in [1.54, 1.807) is 0 Å². The third kappa shape index (κ3) is 3.38. The lowest BCUT2D eigenvalue weighted by molar-refractivity contribution is -0.00289. The Bertz CT molecular complexity index is 548. The number of hydrogen-bond acceptors (Lipinski definition) is 3. The predicted octanol–water partition coefficient (Wildman–Crippen LogP) is 2.67. The van der Waals surface area contributed by atoms with Crippen molar-refractivity contribution in [2.75, 3.05) is 32.8 Å². The maximum absolute atomic E-state index is 9.18. The van der Waals surface area contributed by atoms with Crippen molar-refractivity contribution in [2.24, 2.45) is 0 Å². The number of β-amino-alcohol motifs (C(OH)–C–C–N with tert-alkyl or cyclic N) is 1. The molecule has 0 bridgehead atoms. The maximum atomic E-state index is 9.18. The number of benzene rings is 1. The van der Waals surface area contributed by atoms with Gasteiger partial charge in [0.1, 0.15) is 5.38 Å². The zero-order valence-electron chi connectivity index (χ0n) is 11.7. The summed E-state index contributed by atoms with van der Waals surface area (Å²) in [4.78, 5) is 2.27. The summed E-state index contributed by atoms with van der Waals surface area (Å²) in [7, 11) is 0.239. The van der Waals surface area contributed by atoms with E-state index in [2.05, 4.69) is 40.6 Å². The van der Waals surface area contributed by atoms with Gasteiger partial charge in [-0.3, -0.25) is 4.90 Å². The molecular weight excluding hydrogens is 270 g/mol.